The predicted molar refractivity (Wildman–Crippen MR) is 92.2 cm³/mol. The number of anilines is 1. The summed E-state index contributed by atoms with van der Waals surface area (Å²) in [6.45, 7) is 2.06. The molecule has 0 aliphatic rings. The fourth-order valence-corrected chi connectivity index (χ4v) is 2.58. The van der Waals surface area contributed by atoms with E-state index in [9.17, 15) is 4.79 Å². The van der Waals surface area contributed by atoms with Crippen LogP contribution in [0.5, 0.6) is 0 Å². The third kappa shape index (κ3) is 3.25. The lowest BCUT2D eigenvalue weighted by Crippen LogP contribution is -2.13. The first-order chi connectivity index (χ1) is 11.1. The molecule has 3 aromatic rings. The van der Waals surface area contributed by atoms with Gasteiger partial charge in [0.25, 0.3) is 0 Å². The van der Waals surface area contributed by atoms with Gasteiger partial charge in [0.1, 0.15) is 5.82 Å². The highest BCUT2D eigenvalue weighted by Crippen LogP contribution is 2.33. The average molecular weight is 350 g/mol. The Morgan fingerprint density at radius 3 is 2.91 bits per heavy atom. The largest absolute Gasteiger partial charge is 0.450 e. The maximum absolute atomic E-state index is 11.5. The van der Waals surface area contributed by atoms with Gasteiger partial charge in [0.05, 0.1) is 27.7 Å². The minimum atomic E-state index is -0.496. The first-order valence-electron chi connectivity index (χ1n) is 6.96. The molecular formula is C16H13Cl2N3O2. The van der Waals surface area contributed by atoms with Crippen LogP contribution in [-0.2, 0) is 4.74 Å². The molecule has 0 fully saturated rings. The fraction of sp³-hybridized carbons (Fsp3) is 0.125. The Hall–Kier alpha value is -2.24. The van der Waals surface area contributed by atoms with E-state index >= 15 is 0 Å². The Morgan fingerprint density at radius 1 is 1.30 bits per heavy atom. The van der Waals surface area contributed by atoms with E-state index in [4.69, 9.17) is 27.9 Å². The van der Waals surface area contributed by atoms with Gasteiger partial charge in [-0.2, -0.15) is 0 Å². The van der Waals surface area contributed by atoms with Crippen molar-refractivity contribution in [2.75, 3.05) is 11.9 Å². The van der Waals surface area contributed by atoms with Gasteiger partial charge in [-0.15, -0.1) is 0 Å². The van der Waals surface area contributed by atoms with Crippen molar-refractivity contribution in [3.05, 3.63) is 46.4 Å². The molecule has 0 aliphatic heterocycles. The molecule has 0 atom stereocenters. The third-order valence-electron chi connectivity index (χ3n) is 3.21. The monoisotopic (exact) mass is 349 g/mol. The highest BCUT2D eigenvalue weighted by Gasteiger charge is 2.12. The molecule has 1 heterocycles. The number of halogens is 2. The van der Waals surface area contributed by atoms with Crippen molar-refractivity contribution in [3.8, 4) is 11.4 Å². The molecule has 0 bridgehead atoms. The van der Waals surface area contributed by atoms with Gasteiger partial charge in [0, 0.05) is 11.3 Å². The number of imidazole rings is 1. The van der Waals surface area contributed by atoms with Crippen LogP contribution in [0.15, 0.2) is 36.4 Å². The highest BCUT2D eigenvalue weighted by atomic mass is 35.5. The first-order valence-corrected chi connectivity index (χ1v) is 7.72. The average Bonchev–Trinajstić information content (AvgIpc) is 2.93. The molecule has 118 valence electrons. The molecule has 2 aromatic carbocycles. The van der Waals surface area contributed by atoms with Gasteiger partial charge in [-0.3, -0.25) is 5.32 Å². The van der Waals surface area contributed by atoms with Crippen molar-refractivity contribution in [1.82, 2.24) is 9.97 Å². The number of benzene rings is 2. The summed E-state index contributed by atoms with van der Waals surface area (Å²) in [5.41, 5.74) is 2.86. The van der Waals surface area contributed by atoms with Crippen molar-refractivity contribution in [3.63, 3.8) is 0 Å². The molecule has 1 amide bonds. The Morgan fingerprint density at radius 2 is 2.13 bits per heavy atom. The maximum atomic E-state index is 11.5. The second-order valence-corrected chi connectivity index (χ2v) is 5.55. The smallest absolute Gasteiger partial charge is 0.411 e. The number of nitrogens with one attached hydrogen (secondary N) is 2. The van der Waals surface area contributed by atoms with Crippen LogP contribution < -0.4 is 5.32 Å². The Kier molecular flexibility index (Phi) is 4.41. The van der Waals surface area contributed by atoms with Crippen molar-refractivity contribution >= 4 is 46.0 Å². The van der Waals surface area contributed by atoms with Crippen molar-refractivity contribution in [1.29, 1.82) is 0 Å². The zero-order valence-electron chi connectivity index (χ0n) is 12.2. The quantitative estimate of drug-likeness (QED) is 0.690. The number of carbonyl (C=O) groups is 1. The van der Waals surface area contributed by atoms with Gasteiger partial charge < -0.3 is 9.72 Å². The Bertz CT molecular complexity index is 877. The lowest BCUT2D eigenvalue weighted by molar-refractivity contribution is 0.168. The number of ether oxygens (including phenoxy) is 1. The lowest BCUT2D eigenvalue weighted by atomic mass is 10.2. The molecule has 2 N–H and O–H groups in total. The van der Waals surface area contributed by atoms with Crippen LogP contribution in [0.25, 0.3) is 22.4 Å². The van der Waals surface area contributed by atoms with Crippen LogP contribution in [0.3, 0.4) is 0 Å². The van der Waals surface area contributed by atoms with E-state index < -0.39 is 6.09 Å². The summed E-state index contributed by atoms with van der Waals surface area (Å²) in [5, 5.41) is 3.56. The summed E-state index contributed by atoms with van der Waals surface area (Å²) in [6, 6.07) is 10.7. The van der Waals surface area contributed by atoms with E-state index in [0.29, 0.717) is 28.2 Å². The molecule has 3 rings (SSSR count). The topological polar surface area (TPSA) is 67.0 Å². The normalized spacial score (nSPS) is 10.7. The van der Waals surface area contributed by atoms with Gasteiger partial charge in [-0.1, -0.05) is 29.3 Å². The number of hydrogen-bond donors (Lipinski definition) is 2. The van der Waals surface area contributed by atoms with Crippen LogP contribution in [0.4, 0.5) is 10.5 Å². The third-order valence-corrected chi connectivity index (χ3v) is 4.03. The van der Waals surface area contributed by atoms with E-state index in [1.165, 1.54) is 0 Å². The molecule has 1 aromatic heterocycles. The summed E-state index contributed by atoms with van der Waals surface area (Å²) in [6.07, 6.45) is -0.496. The summed E-state index contributed by atoms with van der Waals surface area (Å²) in [4.78, 5) is 19.1. The van der Waals surface area contributed by atoms with Crippen LogP contribution >= 0.6 is 23.2 Å². The summed E-state index contributed by atoms with van der Waals surface area (Å²) in [7, 11) is 0. The SMILES string of the molecule is CCOC(=O)Nc1ccc2nc(-c3cccc(Cl)c3Cl)[nH]c2c1. The molecule has 0 saturated heterocycles. The second kappa shape index (κ2) is 6.48. The van der Waals surface area contributed by atoms with Crippen LogP contribution in [0, 0.1) is 0 Å². The first kappa shape index (κ1) is 15.6. The minimum Gasteiger partial charge on any atom is -0.450 e. The highest BCUT2D eigenvalue weighted by molar-refractivity contribution is 6.43. The van der Waals surface area contributed by atoms with Crippen LogP contribution in [0.1, 0.15) is 6.92 Å². The van der Waals surface area contributed by atoms with Crippen LogP contribution in [-0.4, -0.2) is 22.7 Å². The molecular weight excluding hydrogens is 337 g/mol. The molecule has 0 aliphatic carbocycles. The summed E-state index contributed by atoms with van der Waals surface area (Å²) >= 11 is 12.3. The molecule has 0 unspecified atom stereocenters. The number of fused-ring (bicyclic) bond motifs is 1. The number of nitrogens with zero attached hydrogens (tertiary/aromatic N) is 1. The van der Waals surface area contributed by atoms with Gasteiger partial charge in [-0.25, -0.2) is 9.78 Å². The van der Waals surface area contributed by atoms with Gasteiger partial charge >= 0.3 is 6.09 Å². The number of aromatic amines is 1. The fourth-order valence-electron chi connectivity index (χ4n) is 2.19. The maximum Gasteiger partial charge on any atom is 0.411 e. The minimum absolute atomic E-state index is 0.315. The van der Waals surface area contributed by atoms with Crippen LogP contribution in [0.2, 0.25) is 10.0 Å². The molecule has 0 saturated carbocycles. The van der Waals surface area contributed by atoms with Crippen molar-refractivity contribution in [2.45, 2.75) is 6.92 Å². The number of amides is 1. The number of rotatable bonds is 3. The van der Waals surface area contributed by atoms with E-state index in [-0.39, 0.29) is 0 Å². The number of carbonyl (C=O) groups excluding carboxylic acids is 1. The summed E-state index contributed by atoms with van der Waals surface area (Å²) < 4.78 is 4.85. The van der Waals surface area contributed by atoms with Gasteiger partial charge in [-0.05, 0) is 37.3 Å². The summed E-state index contributed by atoms with van der Waals surface area (Å²) in [5.74, 6) is 0.612. The zero-order chi connectivity index (χ0) is 16.4. The second-order valence-electron chi connectivity index (χ2n) is 4.76. The van der Waals surface area contributed by atoms with E-state index in [1.54, 1.807) is 31.2 Å². The van der Waals surface area contributed by atoms with E-state index in [0.717, 1.165) is 16.6 Å². The Balaban J connectivity index is 1.96. The zero-order valence-corrected chi connectivity index (χ0v) is 13.7. The molecule has 0 spiro atoms. The Labute approximate surface area is 142 Å². The lowest BCUT2D eigenvalue weighted by Gasteiger charge is -2.04. The van der Waals surface area contributed by atoms with Crippen molar-refractivity contribution in [2.24, 2.45) is 0 Å². The van der Waals surface area contributed by atoms with Crippen molar-refractivity contribution < 1.29 is 9.53 Å². The van der Waals surface area contributed by atoms with Gasteiger partial charge in [0.2, 0.25) is 0 Å². The predicted octanol–water partition coefficient (Wildman–Crippen LogP) is 5.11. The van der Waals surface area contributed by atoms with E-state index in [1.807, 2.05) is 12.1 Å². The number of hydrogen-bond acceptors (Lipinski definition) is 3. The molecule has 7 heteroatoms. The number of aromatic nitrogens is 2. The molecule has 0 radical (unpaired) electrons. The van der Waals surface area contributed by atoms with E-state index in [2.05, 4.69) is 15.3 Å². The molecule has 23 heavy (non-hydrogen) atoms. The standard InChI is InChI=1S/C16H13Cl2N3O2/c1-2-23-16(22)19-9-6-7-12-13(8-9)21-15(20-12)10-4-3-5-11(17)14(10)18/h3-8H,2H2,1H3,(H,19,22)(H,20,21). The number of H-pyrrole nitrogens is 1. The molecule has 5 nitrogen and oxygen atoms in total. The van der Waals surface area contributed by atoms with Gasteiger partial charge in [0.15, 0.2) is 0 Å².